The second-order valence-corrected chi connectivity index (χ2v) is 11.9. The van der Waals surface area contributed by atoms with E-state index in [-0.39, 0.29) is 25.4 Å². The van der Waals surface area contributed by atoms with Crippen LogP contribution in [0.25, 0.3) is 0 Å². The standard InChI is InChI=1S/C36H70O2.Zn/c1-3-5-7-9-11-13-15-17-19-21-23-25-27-29-31-33-35-38-36(37)34-32-30-28-26-24-22-20-18-16-14-12-10-8-6-4-2;/h33,35H,3-32,34H2,1-2H3;. The Morgan fingerprint density at radius 2 is 0.718 bits per heavy atom. The zero-order valence-corrected chi connectivity index (χ0v) is 30.1. The van der Waals surface area contributed by atoms with Crippen LogP contribution in [0, 0.1) is 0 Å². The van der Waals surface area contributed by atoms with Gasteiger partial charge >= 0.3 is 5.97 Å². The van der Waals surface area contributed by atoms with Crippen LogP contribution in [-0.2, 0) is 29.0 Å². The minimum absolute atomic E-state index is 0. The third-order valence-electron chi connectivity index (χ3n) is 8.00. The molecule has 2 nitrogen and oxygen atoms in total. The number of rotatable bonds is 32. The van der Waals surface area contributed by atoms with E-state index < -0.39 is 0 Å². The molecule has 0 atom stereocenters. The molecule has 0 bridgehead atoms. The van der Waals surface area contributed by atoms with Crippen molar-refractivity contribution in [3.63, 3.8) is 0 Å². The van der Waals surface area contributed by atoms with E-state index in [1.807, 2.05) is 6.08 Å². The Kier molecular flexibility index (Phi) is 39.7. The molecule has 0 aliphatic rings. The molecule has 0 aromatic carbocycles. The zero-order chi connectivity index (χ0) is 27.6. The summed E-state index contributed by atoms with van der Waals surface area (Å²) in [5.74, 6) is -0.0584. The van der Waals surface area contributed by atoms with E-state index in [4.69, 9.17) is 4.74 Å². The van der Waals surface area contributed by atoms with E-state index in [2.05, 4.69) is 13.8 Å². The number of esters is 1. The Hall–Kier alpha value is -0.167. The number of carbonyl (C=O) groups is 1. The SMILES string of the molecule is CCCCCCCCCCCCCCCCC=COC(=O)CCCCCCCCCCCCCCCCC.[Zn]. The Balaban J connectivity index is 0. The molecule has 0 saturated carbocycles. The van der Waals surface area contributed by atoms with Crippen LogP contribution in [0.4, 0.5) is 0 Å². The van der Waals surface area contributed by atoms with Gasteiger partial charge in [-0.05, 0) is 25.3 Å². The molecule has 0 amide bonds. The molecule has 0 spiro atoms. The van der Waals surface area contributed by atoms with Gasteiger partial charge in [0.25, 0.3) is 0 Å². The van der Waals surface area contributed by atoms with Crippen molar-refractivity contribution >= 4 is 5.97 Å². The summed E-state index contributed by atoms with van der Waals surface area (Å²) in [7, 11) is 0. The number of carbonyl (C=O) groups excluding carboxylic acids is 1. The molecule has 0 aromatic rings. The summed E-state index contributed by atoms with van der Waals surface area (Å²) in [5.41, 5.74) is 0. The van der Waals surface area contributed by atoms with Gasteiger partial charge in [0.05, 0.1) is 6.26 Å². The van der Waals surface area contributed by atoms with Crippen LogP contribution < -0.4 is 0 Å². The normalized spacial score (nSPS) is 11.2. The van der Waals surface area contributed by atoms with Gasteiger partial charge in [-0.25, -0.2) is 0 Å². The molecule has 3 heteroatoms. The number of hydrogen-bond donors (Lipinski definition) is 0. The Bertz CT molecular complexity index is 477. The van der Waals surface area contributed by atoms with E-state index in [0.29, 0.717) is 6.42 Å². The third-order valence-corrected chi connectivity index (χ3v) is 8.00. The van der Waals surface area contributed by atoms with Crippen molar-refractivity contribution in [3.05, 3.63) is 12.3 Å². The fourth-order valence-electron chi connectivity index (χ4n) is 5.35. The molecule has 0 rings (SSSR count). The molecule has 228 valence electrons. The smallest absolute Gasteiger partial charge is 0.310 e. The molecule has 0 radical (unpaired) electrons. The van der Waals surface area contributed by atoms with Crippen LogP contribution >= 0.6 is 0 Å². The molecule has 0 aromatic heterocycles. The summed E-state index contributed by atoms with van der Waals surface area (Å²) in [6.45, 7) is 4.57. The fourth-order valence-corrected chi connectivity index (χ4v) is 5.35. The van der Waals surface area contributed by atoms with Crippen LogP contribution in [0.1, 0.15) is 213 Å². The predicted octanol–water partition coefficient (Wildman–Crippen LogP) is 13.2. The number of hydrogen-bond acceptors (Lipinski definition) is 2. The molecular weight excluding hydrogens is 530 g/mol. The van der Waals surface area contributed by atoms with E-state index in [1.165, 1.54) is 173 Å². The molecule has 0 fully saturated rings. The maximum absolute atomic E-state index is 11.9. The van der Waals surface area contributed by atoms with Gasteiger partial charge in [0.15, 0.2) is 0 Å². The molecule has 0 saturated heterocycles. The monoisotopic (exact) mass is 598 g/mol. The van der Waals surface area contributed by atoms with Gasteiger partial charge in [-0.3, -0.25) is 4.79 Å². The van der Waals surface area contributed by atoms with Crippen LogP contribution in [0.5, 0.6) is 0 Å². The van der Waals surface area contributed by atoms with E-state index >= 15 is 0 Å². The summed E-state index contributed by atoms with van der Waals surface area (Å²) >= 11 is 0. The predicted molar refractivity (Wildman–Crippen MR) is 170 cm³/mol. The van der Waals surface area contributed by atoms with E-state index in [9.17, 15) is 4.79 Å². The zero-order valence-electron chi connectivity index (χ0n) is 27.1. The third kappa shape index (κ3) is 37.8. The molecular formula is C36H70O2Zn. The molecule has 0 unspecified atom stereocenters. The first-order valence-corrected chi connectivity index (χ1v) is 17.7. The average molecular weight is 600 g/mol. The fraction of sp³-hybridized carbons (Fsp3) is 0.917. The van der Waals surface area contributed by atoms with Gasteiger partial charge in [0.1, 0.15) is 0 Å². The van der Waals surface area contributed by atoms with Crippen LogP contribution in [0.15, 0.2) is 12.3 Å². The second-order valence-electron chi connectivity index (χ2n) is 11.9. The second kappa shape index (κ2) is 37.8. The molecule has 0 aliphatic carbocycles. The van der Waals surface area contributed by atoms with Gasteiger partial charge in [-0.2, -0.15) is 0 Å². The Morgan fingerprint density at radius 1 is 0.436 bits per heavy atom. The van der Waals surface area contributed by atoms with Crippen molar-refractivity contribution in [2.75, 3.05) is 0 Å². The van der Waals surface area contributed by atoms with Crippen molar-refractivity contribution in [2.24, 2.45) is 0 Å². The summed E-state index contributed by atoms with van der Waals surface area (Å²) in [5, 5.41) is 0. The molecule has 0 aliphatic heterocycles. The van der Waals surface area contributed by atoms with Gasteiger partial charge in [-0.15, -0.1) is 0 Å². The molecule has 39 heavy (non-hydrogen) atoms. The molecule has 0 N–H and O–H groups in total. The van der Waals surface area contributed by atoms with E-state index in [1.54, 1.807) is 6.26 Å². The summed E-state index contributed by atoms with van der Waals surface area (Å²) in [6, 6.07) is 0. The maximum atomic E-state index is 11.9. The van der Waals surface area contributed by atoms with Crippen LogP contribution in [-0.4, -0.2) is 5.97 Å². The number of allylic oxidation sites excluding steroid dienone is 1. The van der Waals surface area contributed by atoms with E-state index in [0.717, 1.165) is 19.3 Å². The van der Waals surface area contributed by atoms with Gasteiger partial charge in [0, 0.05) is 25.9 Å². The topological polar surface area (TPSA) is 26.3 Å². The van der Waals surface area contributed by atoms with Gasteiger partial charge in [-0.1, -0.05) is 187 Å². The minimum Gasteiger partial charge on any atom is -0.435 e. The summed E-state index contributed by atoms with van der Waals surface area (Å²) in [4.78, 5) is 11.9. The molecule has 0 heterocycles. The Labute approximate surface area is 259 Å². The van der Waals surface area contributed by atoms with Crippen LogP contribution in [0.2, 0.25) is 0 Å². The van der Waals surface area contributed by atoms with Crippen molar-refractivity contribution in [3.8, 4) is 0 Å². The first-order valence-electron chi connectivity index (χ1n) is 17.7. The summed E-state index contributed by atoms with van der Waals surface area (Å²) in [6.07, 6.45) is 45.0. The van der Waals surface area contributed by atoms with Gasteiger partial charge in [0.2, 0.25) is 0 Å². The summed E-state index contributed by atoms with van der Waals surface area (Å²) < 4.78 is 5.26. The first kappa shape index (κ1) is 41.0. The largest absolute Gasteiger partial charge is 0.435 e. The van der Waals surface area contributed by atoms with Crippen LogP contribution in [0.3, 0.4) is 0 Å². The van der Waals surface area contributed by atoms with Crippen molar-refractivity contribution < 1.29 is 29.0 Å². The quantitative estimate of drug-likeness (QED) is 0.0332. The van der Waals surface area contributed by atoms with Crippen molar-refractivity contribution in [1.82, 2.24) is 0 Å². The first-order chi connectivity index (χ1) is 18.8. The minimum atomic E-state index is -0.0584. The Morgan fingerprint density at radius 3 is 1.05 bits per heavy atom. The van der Waals surface area contributed by atoms with Gasteiger partial charge < -0.3 is 4.74 Å². The number of ether oxygens (including phenoxy) is 1. The maximum Gasteiger partial charge on any atom is 0.310 e. The van der Waals surface area contributed by atoms with Crippen molar-refractivity contribution in [1.29, 1.82) is 0 Å². The average Bonchev–Trinajstić information content (AvgIpc) is 2.92. The number of unbranched alkanes of at least 4 members (excludes halogenated alkanes) is 28. The van der Waals surface area contributed by atoms with Crippen molar-refractivity contribution in [2.45, 2.75) is 213 Å².